The lowest BCUT2D eigenvalue weighted by Gasteiger charge is -2.21. The fraction of sp³-hybridized carbons (Fsp3) is 0.357. The van der Waals surface area contributed by atoms with Crippen LogP contribution in [-0.4, -0.2) is 16.3 Å². The van der Waals surface area contributed by atoms with E-state index in [0.717, 1.165) is 6.07 Å². The van der Waals surface area contributed by atoms with E-state index in [1.165, 1.54) is 12.1 Å². The minimum atomic E-state index is -4.63. The molecule has 1 aromatic carbocycles. The fourth-order valence-corrected chi connectivity index (χ4v) is 1.87. The van der Waals surface area contributed by atoms with Gasteiger partial charge in [-0.2, -0.15) is 13.2 Å². The first-order valence-corrected chi connectivity index (χ1v) is 6.00. The number of halogens is 3. The Kier molecular flexibility index (Phi) is 3.28. The maximum Gasteiger partial charge on any atom is 0.432 e. The summed E-state index contributed by atoms with van der Waals surface area (Å²) in [6, 6.07) is 7.10. The summed E-state index contributed by atoms with van der Waals surface area (Å²) in [7, 11) is 0. The van der Waals surface area contributed by atoms with Crippen molar-refractivity contribution < 1.29 is 22.7 Å². The van der Waals surface area contributed by atoms with Crippen molar-refractivity contribution in [3.63, 3.8) is 0 Å². The molecule has 0 fully saturated rings. The Morgan fingerprint density at radius 2 is 1.75 bits per heavy atom. The highest BCUT2D eigenvalue weighted by molar-refractivity contribution is 5.91. The lowest BCUT2D eigenvalue weighted by atomic mass is 10.2. The van der Waals surface area contributed by atoms with E-state index in [9.17, 15) is 18.0 Å². The van der Waals surface area contributed by atoms with Crippen molar-refractivity contribution in [1.82, 2.24) is 4.57 Å². The maximum atomic E-state index is 13.1. The number of hydrogen-bond acceptors (Lipinski definition) is 2. The van der Waals surface area contributed by atoms with Crippen LogP contribution in [0.1, 0.15) is 26.5 Å². The molecule has 2 rings (SSSR count). The van der Waals surface area contributed by atoms with Gasteiger partial charge in [-0.15, -0.1) is 0 Å². The topological polar surface area (TPSA) is 31.2 Å². The normalized spacial score (nSPS) is 12.7. The number of hydrogen-bond donors (Lipinski definition) is 0. The highest BCUT2D eigenvalue weighted by Crippen LogP contribution is 2.34. The van der Waals surface area contributed by atoms with Crippen LogP contribution in [-0.2, 0) is 10.9 Å². The molecule has 1 aromatic heterocycles. The molecular formula is C14H14F3NO2. The predicted molar refractivity (Wildman–Crippen MR) is 68.6 cm³/mol. The summed E-state index contributed by atoms with van der Waals surface area (Å²) in [5.41, 5.74) is -1.73. The summed E-state index contributed by atoms with van der Waals surface area (Å²) < 4.78 is 44.8. The van der Waals surface area contributed by atoms with Crippen molar-refractivity contribution >= 4 is 17.0 Å². The number of carbonyl (C=O) groups is 1. The third-order valence-corrected chi connectivity index (χ3v) is 2.58. The number of carbonyl (C=O) groups excluding carboxylic acids is 1. The van der Waals surface area contributed by atoms with Gasteiger partial charge in [-0.05, 0) is 32.9 Å². The number of alkyl halides is 3. The zero-order valence-corrected chi connectivity index (χ0v) is 11.3. The smallest absolute Gasteiger partial charge is 0.432 e. The van der Waals surface area contributed by atoms with Crippen LogP contribution in [0, 0.1) is 0 Å². The molecule has 0 saturated heterocycles. The quantitative estimate of drug-likeness (QED) is 0.716. The molecule has 0 radical (unpaired) electrons. The number of nitrogens with zero attached hydrogens (tertiary/aromatic N) is 1. The Morgan fingerprint density at radius 1 is 1.15 bits per heavy atom. The molecule has 0 unspecified atom stereocenters. The Hall–Kier alpha value is -1.98. The van der Waals surface area contributed by atoms with Crippen molar-refractivity contribution in [3.05, 3.63) is 36.0 Å². The molecule has 0 aliphatic heterocycles. The zero-order valence-electron chi connectivity index (χ0n) is 11.3. The zero-order chi connectivity index (χ0) is 15.1. The summed E-state index contributed by atoms with van der Waals surface area (Å²) in [5.74, 6) is 0. The molecule has 0 spiro atoms. The van der Waals surface area contributed by atoms with Crippen molar-refractivity contribution in [3.8, 4) is 0 Å². The molecule has 0 N–H and O–H groups in total. The molecule has 0 saturated carbocycles. The van der Waals surface area contributed by atoms with E-state index in [4.69, 9.17) is 4.74 Å². The van der Waals surface area contributed by atoms with E-state index in [2.05, 4.69) is 0 Å². The summed E-state index contributed by atoms with van der Waals surface area (Å²) in [5, 5.41) is 0.339. The average molecular weight is 285 g/mol. The molecule has 0 aliphatic carbocycles. The van der Waals surface area contributed by atoms with Gasteiger partial charge >= 0.3 is 12.3 Å². The van der Waals surface area contributed by atoms with E-state index in [-0.39, 0.29) is 5.52 Å². The second kappa shape index (κ2) is 4.54. The van der Waals surface area contributed by atoms with Crippen LogP contribution in [0.3, 0.4) is 0 Å². The molecule has 0 amide bonds. The maximum absolute atomic E-state index is 13.1. The highest BCUT2D eigenvalue weighted by Gasteiger charge is 2.38. The molecule has 0 aliphatic rings. The van der Waals surface area contributed by atoms with E-state index in [1.54, 1.807) is 32.9 Å². The van der Waals surface area contributed by atoms with Gasteiger partial charge in [0.1, 0.15) is 11.3 Å². The van der Waals surface area contributed by atoms with Gasteiger partial charge in [0.05, 0.1) is 5.52 Å². The lowest BCUT2D eigenvalue weighted by Crippen LogP contribution is -2.29. The fourth-order valence-electron chi connectivity index (χ4n) is 1.87. The van der Waals surface area contributed by atoms with Crippen molar-refractivity contribution in [2.45, 2.75) is 32.5 Å². The Morgan fingerprint density at radius 3 is 2.30 bits per heavy atom. The summed E-state index contributed by atoms with van der Waals surface area (Å²) in [4.78, 5) is 12.0. The Balaban J connectivity index is 2.63. The monoisotopic (exact) mass is 285 g/mol. The largest absolute Gasteiger partial charge is 0.443 e. The van der Waals surface area contributed by atoms with Crippen LogP contribution in [0.2, 0.25) is 0 Å². The first kappa shape index (κ1) is 14.4. The molecule has 1 heterocycles. The first-order valence-electron chi connectivity index (χ1n) is 6.00. The van der Waals surface area contributed by atoms with Crippen LogP contribution in [0.15, 0.2) is 30.3 Å². The summed E-state index contributed by atoms with van der Waals surface area (Å²) in [6.45, 7) is 4.80. The molecule has 0 bridgehead atoms. The SMILES string of the molecule is CC(C)(C)OC(=O)n1c(C(F)(F)F)cc2ccccc21. The number of aromatic nitrogens is 1. The van der Waals surface area contributed by atoms with Gasteiger partial charge in [0.15, 0.2) is 0 Å². The van der Waals surface area contributed by atoms with Gasteiger partial charge in [0, 0.05) is 5.39 Å². The third kappa shape index (κ3) is 2.79. The Bertz CT molecular complexity index is 650. The number of ether oxygens (including phenoxy) is 1. The molecule has 108 valence electrons. The molecule has 0 atom stereocenters. The van der Waals surface area contributed by atoms with E-state index >= 15 is 0 Å². The predicted octanol–water partition coefficient (Wildman–Crippen LogP) is 4.44. The second-order valence-corrected chi connectivity index (χ2v) is 5.40. The average Bonchev–Trinajstić information content (AvgIpc) is 2.65. The van der Waals surface area contributed by atoms with Crippen LogP contribution in [0.25, 0.3) is 10.9 Å². The number of fused-ring (bicyclic) bond motifs is 1. The molecule has 3 nitrogen and oxygen atoms in total. The molecule has 2 aromatic rings. The van der Waals surface area contributed by atoms with Gasteiger partial charge in [-0.3, -0.25) is 0 Å². The highest BCUT2D eigenvalue weighted by atomic mass is 19.4. The number of benzene rings is 1. The van der Waals surface area contributed by atoms with Gasteiger partial charge in [-0.25, -0.2) is 9.36 Å². The van der Waals surface area contributed by atoms with Gasteiger partial charge in [0.2, 0.25) is 0 Å². The van der Waals surface area contributed by atoms with Crippen molar-refractivity contribution in [2.75, 3.05) is 0 Å². The van der Waals surface area contributed by atoms with Gasteiger partial charge in [0.25, 0.3) is 0 Å². The lowest BCUT2D eigenvalue weighted by molar-refractivity contribution is -0.142. The summed E-state index contributed by atoms with van der Waals surface area (Å²) in [6.07, 6.45) is -5.67. The molecule has 6 heteroatoms. The van der Waals surface area contributed by atoms with Crippen molar-refractivity contribution in [2.24, 2.45) is 0 Å². The standard InChI is InChI=1S/C14H14F3NO2/c1-13(2,3)20-12(19)18-10-7-5-4-6-9(10)8-11(18)14(15,16)17/h4-8H,1-3H3. The van der Waals surface area contributed by atoms with E-state index in [1.807, 2.05) is 0 Å². The minimum Gasteiger partial charge on any atom is -0.443 e. The van der Waals surface area contributed by atoms with Gasteiger partial charge in [-0.1, -0.05) is 18.2 Å². The second-order valence-electron chi connectivity index (χ2n) is 5.40. The van der Waals surface area contributed by atoms with Crippen LogP contribution in [0.4, 0.5) is 18.0 Å². The minimum absolute atomic E-state index is 0.175. The molecule has 20 heavy (non-hydrogen) atoms. The summed E-state index contributed by atoms with van der Waals surface area (Å²) >= 11 is 0. The van der Waals surface area contributed by atoms with Crippen molar-refractivity contribution in [1.29, 1.82) is 0 Å². The van der Waals surface area contributed by atoms with E-state index < -0.39 is 23.6 Å². The number of rotatable bonds is 0. The first-order chi connectivity index (χ1) is 9.09. The van der Waals surface area contributed by atoms with Crippen LogP contribution >= 0.6 is 0 Å². The Labute approximate surface area is 113 Å². The number of para-hydroxylation sites is 1. The molecular weight excluding hydrogens is 271 g/mol. The third-order valence-electron chi connectivity index (χ3n) is 2.58. The van der Waals surface area contributed by atoms with Crippen LogP contribution in [0.5, 0.6) is 0 Å². The van der Waals surface area contributed by atoms with Gasteiger partial charge < -0.3 is 4.74 Å². The van der Waals surface area contributed by atoms with E-state index in [0.29, 0.717) is 9.95 Å². The van der Waals surface area contributed by atoms with Crippen LogP contribution < -0.4 is 0 Å².